The van der Waals surface area contributed by atoms with E-state index in [2.05, 4.69) is 0 Å². The van der Waals surface area contributed by atoms with E-state index < -0.39 is 35.9 Å². The highest BCUT2D eigenvalue weighted by Crippen LogP contribution is 2.43. The monoisotopic (exact) mass is 568 g/mol. The molecule has 0 spiro atoms. The first-order valence-electron chi connectivity index (χ1n) is 13.1. The smallest absolute Gasteiger partial charge is 0.418 e. The lowest BCUT2D eigenvalue weighted by atomic mass is 10.00. The molecule has 0 aliphatic carbocycles. The van der Waals surface area contributed by atoms with E-state index in [0.29, 0.717) is 41.4 Å². The van der Waals surface area contributed by atoms with Gasteiger partial charge >= 0.3 is 6.09 Å². The highest BCUT2D eigenvalue weighted by molar-refractivity contribution is 6.36. The molecule has 3 atom stereocenters. The van der Waals surface area contributed by atoms with Gasteiger partial charge in [-0.2, -0.15) is 0 Å². The van der Waals surface area contributed by atoms with E-state index in [4.69, 9.17) is 27.9 Å². The minimum absolute atomic E-state index is 0.318. The number of hydrogen-bond acceptors (Lipinski definition) is 5. The number of imide groups is 1. The molecule has 0 radical (unpaired) electrons. The third-order valence-electron chi connectivity index (χ3n) is 6.69. The molecule has 3 aromatic carbocycles. The van der Waals surface area contributed by atoms with Crippen molar-refractivity contribution >= 4 is 35.2 Å². The van der Waals surface area contributed by atoms with Gasteiger partial charge in [-0.15, -0.1) is 0 Å². The summed E-state index contributed by atoms with van der Waals surface area (Å²) in [6, 6.07) is 23.7. The minimum Gasteiger partial charge on any atom is -0.443 e. The first-order chi connectivity index (χ1) is 18.6. The number of amides is 2. The van der Waals surface area contributed by atoms with E-state index in [1.807, 2.05) is 65.6 Å². The van der Waals surface area contributed by atoms with Crippen molar-refractivity contribution in [2.75, 3.05) is 6.54 Å². The summed E-state index contributed by atoms with van der Waals surface area (Å²) in [5.74, 6) is -0.543. The molecule has 1 heterocycles. The van der Waals surface area contributed by atoms with Gasteiger partial charge in [-0.25, -0.2) is 9.69 Å². The number of aliphatic hydroxyl groups is 1. The molecule has 0 saturated carbocycles. The van der Waals surface area contributed by atoms with Gasteiger partial charge in [0.15, 0.2) is 0 Å². The van der Waals surface area contributed by atoms with Gasteiger partial charge in [0, 0.05) is 22.2 Å². The predicted molar refractivity (Wildman–Crippen MR) is 154 cm³/mol. The maximum Gasteiger partial charge on any atom is 0.418 e. The molecule has 4 rings (SSSR count). The Labute approximate surface area is 240 Å². The van der Waals surface area contributed by atoms with Crippen LogP contribution >= 0.6 is 23.2 Å². The summed E-state index contributed by atoms with van der Waals surface area (Å²) in [5.41, 5.74) is 1.69. The number of nitrogens with zero attached hydrogens (tertiary/aromatic N) is 2. The second-order valence-corrected chi connectivity index (χ2v) is 11.5. The zero-order valence-corrected chi connectivity index (χ0v) is 23.9. The molecule has 1 N–H and O–H groups in total. The fourth-order valence-corrected chi connectivity index (χ4v) is 5.52. The number of halogens is 2. The fourth-order valence-electron chi connectivity index (χ4n) is 4.93. The van der Waals surface area contributed by atoms with Crippen molar-refractivity contribution in [3.8, 4) is 0 Å². The molecule has 2 amide bonds. The Morgan fingerprint density at radius 2 is 1.44 bits per heavy atom. The Balaban J connectivity index is 1.75. The van der Waals surface area contributed by atoms with Gasteiger partial charge in [0.25, 0.3) is 5.91 Å². The van der Waals surface area contributed by atoms with Gasteiger partial charge in [-0.3, -0.25) is 9.69 Å². The van der Waals surface area contributed by atoms with Crippen molar-refractivity contribution in [2.45, 2.75) is 63.9 Å². The molecular formula is C31H34Cl2N2O4. The molecule has 0 aromatic heterocycles. The van der Waals surface area contributed by atoms with Gasteiger partial charge < -0.3 is 9.84 Å². The van der Waals surface area contributed by atoms with Crippen LogP contribution in [0.1, 0.15) is 50.0 Å². The third kappa shape index (κ3) is 7.00. The Bertz CT molecular complexity index is 1260. The van der Waals surface area contributed by atoms with Gasteiger partial charge in [0.1, 0.15) is 17.8 Å². The summed E-state index contributed by atoms with van der Waals surface area (Å²) in [4.78, 5) is 30.5. The number of benzene rings is 3. The van der Waals surface area contributed by atoms with Gasteiger partial charge in [0.05, 0.1) is 6.10 Å². The van der Waals surface area contributed by atoms with Crippen LogP contribution in [0.15, 0.2) is 78.9 Å². The summed E-state index contributed by atoms with van der Waals surface area (Å²) in [7, 11) is 0. The largest absolute Gasteiger partial charge is 0.443 e. The van der Waals surface area contributed by atoms with Crippen LogP contribution < -0.4 is 0 Å². The topological polar surface area (TPSA) is 70.1 Å². The van der Waals surface area contributed by atoms with Crippen molar-refractivity contribution in [3.63, 3.8) is 0 Å². The second-order valence-electron chi connectivity index (χ2n) is 10.7. The first kappa shape index (κ1) is 29.1. The number of aryl methyl sites for hydroxylation is 1. The number of hydrogen-bond donors (Lipinski definition) is 1. The zero-order valence-electron chi connectivity index (χ0n) is 22.4. The Hall–Kier alpha value is -2.90. The SMILES string of the molecule is CC(C)(C)OC(=O)N1C(=O)[C@H]([C@H](O)CCc2ccccc2)N(CCc2ccccc2)[C@H]1c1c(Cl)cccc1Cl. The lowest BCUT2D eigenvalue weighted by Crippen LogP contribution is -2.45. The van der Waals surface area contributed by atoms with E-state index in [0.717, 1.165) is 16.0 Å². The number of ether oxygens (including phenoxy) is 1. The Kier molecular flexibility index (Phi) is 9.34. The molecule has 1 fully saturated rings. The first-order valence-corrected chi connectivity index (χ1v) is 13.8. The van der Waals surface area contributed by atoms with Crippen LogP contribution in [-0.2, 0) is 22.4 Å². The molecule has 6 nitrogen and oxygen atoms in total. The van der Waals surface area contributed by atoms with Crippen LogP contribution in [0.2, 0.25) is 10.0 Å². The molecule has 206 valence electrons. The van der Waals surface area contributed by atoms with Crippen LogP contribution in [0.25, 0.3) is 0 Å². The standard InChI is InChI=1S/C31H34Cl2N2O4/c1-31(2,3)39-30(38)35-28(26-23(32)15-10-16-24(26)33)34(20-19-22-13-8-5-9-14-22)27(29(35)37)25(36)18-17-21-11-6-4-7-12-21/h4-16,25,27-28,36H,17-20H2,1-3H3/t25-,27+,28-/m1/s1. The maximum atomic E-state index is 14.1. The van der Waals surface area contributed by atoms with Crippen molar-refractivity contribution in [1.82, 2.24) is 9.80 Å². The molecule has 3 aromatic rings. The summed E-state index contributed by atoms with van der Waals surface area (Å²) >= 11 is 13.3. The molecule has 0 bridgehead atoms. The normalized spacial score (nSPS) is 18.8. The summed E-state index contributed by atoms with van der Waals surface area (Å²) < 4.78 is 5.66. The lowest BCUT2D eigenvalue weighted by Gasteiger charge is -2.33. The van der Waals surface area contributed by atoms with E-state index in [1.54, 1.807) is 39.0 Å². The van der Waals surface area contributed by atoms with Crippen molar-refractivity contribution in [2.24, 2.45) is 0 Å². The molecule has 1 saturated heterocycles. The number of rotatable bonds is 8. The number of carbonyl (C=O) groups excluding carboxylic acids is 2. The molecule has 8 heteroatoms. The van der Waals surface area contributed by atoms with E-state index in [9.17, 15) is 14.7 Å². The zero-order chi connectivity index (χ0) is 28.2. The van der Waals surface area contributed by atoms with Crippen LogP contribution in [0.4, 0.5) is 4.79 Å². The summed E-state index contributed by atoms with van der Waals surface area (Å²) in [6.07, 6.45) is -1.33. The molecule has 1 aliphatic rings. The van der Waals surface area contributed by atoms with Crippen LogP contribution in [0.3, 0.4) is 0 Å². The van der Waals surface area contributed by atoms with Crippen LogP contribution in [0.5, 0.6) is 0 Å². The molecule has 1 aliphatic heterocycles. The average molecular weight is 570 g/mol. The van der Waals surface area contributed by atoms with Gasteiger partial charge in [-0.1, -0.05) is 89.9 Å². The third-order valence-corrected chi connectivity index (χ3v) is 7.35. The number of carbonyl (C=O) groups is 2. The van der Waals surface area contributed by atoms with E-state index in [-0.39, 0.29) is 0 Å². The highest BCUT2D eigenvalue weighted by atomic mass is 35.5. The summed E-state index contributed by atoms with van der Waals surface area (Å²) in [5, 5.41) is 12.1. The fraction of sp³-hybridized carbons (Fsp3) is 0.355. The van der Waals surface area contributed by atoms with Crippen LogP contribution in [0, 0.1) is 0 Å². The van der Waals surface area contributed by atoms with Crippen molar-refractivity contribution in [1.29, 1.82) is 0 Å². The average Bonchev–Trinajstić information content (AvgIpc) is 3.18. The lowest BCUT2D eigenvalue weighted by molar-refractivity contribution is -0.131. The maximum absolute atomic E-state index is 14.1. The van der Waals surface area contributed by atoms with Gasteiger partial charge in [-0.05, 0) is 63.3 Å². The van der Waals surface area contributed by atoms with E-state index >= 15 is 0 Å². The van der Waals surface area contributed by atoms with Crippen molar-refractivity contribution < 1.29 is 19.4 Å². The van der Waals surface area contributed by atoms with Crippen LogP contribution in [-0.4, -0.2) is 51.2 Å². The van der Waals surface area contributed by atoms with Crippen molar-refractivity contribution in [3.05, 3.63) is 106 Å². The number of aliphatic hydroxyl groups excluding tert-OH is 1. The molecule has 0 unspecified atom stereocenters. The van der Waals surface area contributed by atoms with E-state index in [1.165, 1.54) is 0 Å². The Morgan fingerprint density at radius 3 is 1.97 bits per heavy atom. The Morgan fingerprint density at radius 1 is 0.897 bits per heavy atom. The molecular weight excluding hydrogens is 535 g/mol. The molecule has 39 heavy (non-hydrogen) atoms. The minimum atomic E-state index is -1.05. The summed E-state index contributed by atoms with van der Waals surface area (Å²) in [6.45, 7) is 5.58. The quantitative estimate of drug-likeness (QED) is 0.328. The highest BCUT2D eigenvalue weighted by Gasteiger charge is 2.54. The second kappa shape index (κ2) is 12.5. The predicted octanol–water partition coefficient (Wildman–Crippen LogP) is 6.68. The van der Waals surface area contributed by atoms with Gasteiger partial charge in [0.2, 0.25) is 0 Å².